The normalized spacial score (nSPS) is 51.1. The number of aliphatic hydroxyl groups excluding tert-OH is 3. The second kappa shape index (κ2) is 7.84. The van der Waals surface area contributed by atoms with Crippen LogP contribution in [-0.2, 0) is 18.5 Å². The number of hydrogen-bond donors (Lipinski definition) is 4. The van der Waals surface area contributed by atoms with Gasteiger partial charge in [-0.3, -0.25) is 4.29 Å². The van der Waals surface area contributed by atoms with E-state index in [1.165, 1.54) is 6.92 Å². The maximum Gasteiger partial charge on any atom is 0.221 e. The Labute approximate surface area is 147 Å². The lowest BCUT2D eigenvalue weighted by atomic mass is 10.0. The molecule has 0 radical (unpaired) electrons. The summed E-state index contributed by atoms with van der Waals surface area (Å²) in [6.07, 6.45) is -8.05. The number of hydrogen-bond acceptors (Lipinski definition) is 8. The smallest absolute Gasteiger partial charge is 0.221 e. The second-order valence-electron chi connectivity index (χ2n) is 5.60. The number of rotatable bonds is 5. The summed E-state index contributed by atoms with van der Waals surface area (Å²) in [5.74, 6) is -2.08. The van der Waals surface area contributed by atoms with Crippen LogP contribution < -0.4 is 0 Å². The van der Waals surface area contributed by atoms with Gasteiger partial charge in [0, 0.05) is 0 Å². The van der Waals surface area contributed by atoms with Crippen LogP contribution in [0.3, 0.4) is 0 Å². The predicted molar refractivity (Wildman–Crippen MR) is 79.2 cm³/mol. The molecule has 0 bridgehead atoms. The van der Waals surface area contributed by atoms with E-state index in [0.29, 0.717) is 0 Å². The lowest BCUT2D eigenvalue weighted by Gasteiger charge is -2.40. The van der Waals surface area contributed by atoms with Crippen molar-refractivity contribution in [3.8, 4) is 0 Å². The summed E-state index contributed by atoms with van der Waals surface area (Å²) in [6, 6.07) is 0. The van der Waals surface area contributed by atoms with Gasteiger partial charge in [0.05, 0.1) is 35.3 Å². The van der Waals surface area contributed by atoms with Gasteiger partial charge in [-0.1, -0.05) is 0 Å². The van der Waals surface area contributed by atoms with E-state index >= 15 is 0 Å². The number of ether oxygens (including phenoxy) is 3. The zero-order valence-corrected chi connectivity index (χ0v) is 14.4. The molecule has 2 aliphatic heterocycles. The molecule has 2 aliphatic rings. The Morgan fingerprint density at radius 2 is 1.83 bits per heavy atom. The highest BCUT2D eigenvalue weighted by molar-refractivity contribution is 6.23. The summed E-state index contributed by atoms with van der Waals surface area (Å²) in [5.41, 5.74) is 0. The maximum absolute atomic E-state index is 10.4. The van der Waals surface area contributed by atoms with Crippen molar-refractivity contribution in [1.82, 2.24) is 0 Å². The zero-order chi connectivity index (χ0) is 17.4. The summed E-state index contributed by atoms with van der Waals surface area (Å²) in [7, 11) is 0. The second-order valence-corrected chi connectivity index (χ2v) is 6.59. The van der Waals surface area contributed by atoms with Crippen LogP contribution in [0, 0.1) is 0 Å². The Balaban J connectivity index is 2.02. The molecule has 11 heteroatoms. The first-order chi connectivity index (χ1) is 10.7. The average molecular weight is 398 g/mol. The van der Waals surface area contributed by atoms with Crippen LogP contribution in [0.25, 0.3) is 0 Å². The molecule has 0 saturated carbocycles. The van der Waals surface area contributed by atoms with E-state index in [2.05, 4.69) is 4.29 Å². The quantitative estimate of drug-likeness (QED) is 0.450. The van der Waals surface area contributed by atoms with Crippen molar-refractivity contribution in [2.24, 2.45) is 0 Å². The fraction of sp³-hybridized carbons (Fsp3) is 1.00. The minimum atomic E-state index is -2.05. The lowest BCUT2D eigenvalue weighted by molar-refractivity contribution is -0.309. The first-order valence-electron chi connectivity index (χ1n) is 6.94. The Bertz CT molecular complexity index is 403. The van der Waals surface area contributed by atoms with E-state index in [1.54, 1.807) is 0 Å². The molecule has 0 aromatic rings. The molecular formula is C12H19Cl3O8. The first-order valence-corrected chi connectivity index (χ1v) is 8.22. The fourth-order valence-corrected chi connectivity index (χ4v) is 3.47. The van der Waals surface area contributed by atoms with Gasteiger partial charge in [-0.05, 0) is 6.92 Å². The molecule has 2 rings (SSSR count). The van der Waals surface area contributed by atoms with Gasteiger partial charge >= 0.3 is 0 Å². The van der Waals surface area contributed by atoms with Crippen molar-refractivity contribution >= 4 is 35.1 Å². The van der Waals surface area contributed by atoms with E-state index < -0.39 is 60.7 Å². The largest absolute Gasteiger partial charge is 0.389 e. The van der Waals surface area contributed by atoms with E-state index in [1.807, 2.05) is 0 Å². The SMILES string of the molecule is C[C@H]1O[C@](O)(CO[C@H]2O[C@H](CCl)[C@H](Cl)[C@H](O)[C@H]2O)[C@@H](OCl)[C@@H]1O. The highest BCUT2D eigenvalue weighted by Gasteiger charge is 2.55. The van der Waals surface area contributed by atoms with Crippen LogP contribution in [0.5, 0.6) is 0 Å². The van der Waals surface area contributed by atoms with Crippen molar-refractivity contribution in [3.05, 3.63) is 0 Å². The number of halogens is 3. The molecule has 2 heterocycles. The summed E-state index contributed by atoms with van der Waals surface area (Å²) in [4.78, 5) is 0. The Kier molecular flexibility index (Phi) is 6.77. The maximum atomic E-state index is 10.4. The first kappa shape index (κ1) is 19.9. The van der Waals surface area contributed by atoms with E-state index in [-0.39, 0.29) is 5.88 Å². The molecule has 8 nitrogen and oxygen atoms in total. The van der Waals surface area contributed by atoms with Crippen molar-refractivity contribution < 1.29 is 38.9 Å². The summed E-state index contributed by atoms with van der Waals surface area (Å²) >= 11 is 16.9. The van der Waals surface area contributed by atoms with Gasteiger partial charge < -0.3 is 34.6 Å². The summed E-state index contributed by atoms with van der Waals surface area (Å²) < 4.78 is 20.4. The van der Waals surface area contributed by atoms with Gasteiger partial charge in [0.2, 0.25) is 5.79 Å². The average Bonchev–Trinajstić information content (AvgIpc) is 2.74. The molecule has 0 unspecified atom stereocenters. The third-order valence-electron chi connectivity index (χ3n) is 3.95. The van der Waals surface area contributed by atoms with Crippen LogP contribution in [0.2, 0.25) is 0 Å². The topological polar surface area (TPSA) is 118 Å². The van der Waals surface area contributed by atoms with Gasteiger partial charge in [-0.2, -0.15) is 0 Å². The van der Waals surface area contributed by atoms with Crippen LogP contribution in [0.15, 0.2) is 0 Å². The van der Waals surface area contributed by atoms with Crippen molar-refractivity contribution in [2.45, 2.75) is 61.0 Å². The summed E-state index contributed by atoms with van der Waals surface area (Å²) in [6.45, 7) is 0.977. The van der Waals surface area contributed by atoms with Crippen molar-refractivity contribution in [1.29, 1.82) is 0 Å². The molecule has 9 atom stereocenters. The molecule has 136 valence electrons. The van der Waals surface area contributed by atoms with Gasteiger partial charge in [-0.15, -0.1) is 23.2 Å². The highest BCUT2D eigenvalue weighted by Crippen LogP contribution is 2.34. The summed E-state index contributed by atoms with van der Waals surface area (Å²) in [5, 5.41) is 39.1. The predicted octanol–water partition coefficient (Wildman–Crippen LogP) is -0.697. The van der Waals surface area contributed by atoms with E-state index in [4.69, 9.17) is 49.3 Å². The molecule has 0 aliphatic carbocycles. The molecule has 2 fully saturated rings. The highest BCUT2D eigenvalue weighted by atomic mass is 35.5. The molecular weight excluding hydrogens is 378 g/mol. The lowest BCUT2D eigenvalue weighted by Crippen LogP contribution is -2.58. The number of alkyl halides is 2. The molecule has 0 aromatic carbocycles. The van der Waals surface area contributed by atoms with Crippen molar-refractivity contribution in [2.75, 3.05) is 12.5 Å². The van der Waals surface area contributed by atoms with Gasteiger partial charge in [0.1, 0.15) is 24.9 Å². The van der Waals surface area contributed by atoms with Crippen LogP contribution >= 0.6 is 35.1 Å². The van der Waals surface area contributed by atoms with E-state index in [0.717, 1.165) is 0 Å². The van der Waals surface area contributed by atoms with Crippen LogP contribution in [-0.4, -0.2) is 87.0 Å². The number of aliphatic hydroxyl groups is 4. The van der Waals surface area contributed by atoms with Gasteiger partial charge in [0.25, 0.3) is 0 Å². The zero-order valence-electron chi connectivity index (χ0n) is 12.1. The Morgan fingerprint density at radius 1 is 1.17 bits per heavy atom. The monoisotopic (exact) mass is 396 g/mol. The van der Waals surface area contributed by atoms with Crippen LogP contribution in [0.1, 0.15) is 6.92 Å². The molecule has 2 saturated heterocycles. The third kappa shape index (κ3) is 3.88. The standard InChI is InChI=1S/C12H19Cl3O8/c1-4-7(16)10(23-15)12(19,22-4)3-20-11-9(18)8(17)6(14)5(2-13)21-11/h4-11,16-19H,2-3H2,1H3/t4-,5-,6+,7-,8+,9-,10+,11+,12-/m1/s1. The molecule has 4 N–H and O–H groups in total. The third-order valence-corrected chi connectivity index (χ3v) is 4.98. The van der Waals surface area contributed by atoms with Crippen LogP contribution in [0.4, 0.5) is 0 Å². The molecule has 23 heavy (non-hydrogen) atoms. The van der Waals surface area contributed by atoms with E-state index in [9.17, 15) is 20.4 Å². The van der Waals surface area contributed by atoms with Crippen molar-refractivity contribution in [3.63, 3.8) is 0 Å². The minimum absolute atomic E-state index is 0.0261. The molecule has 0 amide bonds. The Hall–Kier alpha value is 0.550. The van der Waals surface area contributed by atoms with Gasteiger partial charge in [0.15, 0.2) is 12.4 Å². The molecule has 0 aromatic heterocycles. The Morgan fingerprint density at radius 3 is 2.39 bits per heavy atom. The van der Waals surface area contributed by atoms with Gasteiger partial charge in [-0.25, -0.2) is 0 Å². The minimum Gasteiger partial charge on any atom is -0.389 e. The molecule has 0 spiro atoms. The fourth-order valence-electron chi connectivity index (χ4n) is 2.57.